The zero-order valence-electron chi connectivity index (χ0n) is 14.3. The SMILES string of the molecule is O=C(Cc1cccs1)NCc1ccc(OCCOc2ccccc2)nc1. The third-order valence-electron chi connectivity index (χ3n) is 3.55. The van der Waals surface area contributed by atoms with Gasteiger partial charge in [-0.1, -0.05) is 30.3 Å². The maximum absolute atomic E-state index is 11.9. The number of nitrogens with zero attached hydrogens (tertiary/aromatic N) is 1. The van der Waals surface area contributed by atoms with Crippen LogP contribution in [0.5, 0.6) is 11.6 Å². The maximum atomic E-state index is 11.9. The van der Waals surface area contributed by atoms with Gasteiger partial charge in [-0.15, -0.1) is 11.3 Å². The first-order valence-corrected chi connectivity index (χ1v) is 9.22. The van der Waals surface area contributed by atoms with Gasteiger partial charge in [0, 0.05) is 23.7 Å². The lowest BCUT2D eigenvalue weighted by atomic mass is 10.2. The minimum Gasteiger partial charge on any atom is -0.490 e. The third-order valence-corrected chi connectivity index (χ3v) is 4.42. The Labute approximate surface area is 156 Å². The first kappa shape index (κ1) is 17.9. The first-order chi connectivity index (χ1) is 12.8. The zero-order chi connectivity index (χ0) is 18.0. The van der Waals surface area contributed by atoms with Gasteiger partial charge in [0.15, 0.2) is 0 Å². The summed E-state index contributed by atoms with van der Waals surface area (Å²) in [7, 11) is 0. The van der Waals surface area contributed by atoms with E-state index in [1.54, 1.807) is 23.6 Å². The van der Waals surface area contributed by atoms with E-state index >= 15 is 0 Å². The number of nitrogens with one attached hydrogen (secondary N) is 1. The van der Waals surface area contributed by atoms with E-state index in [9.17, 15) is 4.79 Å². The second-order valence-electron chi connectivity index (χ2n) is 5.55. The Morgan fingerprint density at radius 3 is 2.58 bits per heavy atom. The van der Waals surface area contributed by atoms with E-state index in [1.165, 1.54) is 0 Å². The van der Waals surface area contributed by atoms with Crippen molar-refractivity contribution in [3.05, 3.63) is 76.6 Å². The molecule has 0 saturated carbocycles. The van der Waals surface area contributed by atoms with Gasteiger partial charge in [-0.25, -0.2) is 4.98 Å². The summed E-state index contributed by atoms with van der Waals surface area (Å²) >= 11 is 1.58. The van der Waals surface area contributed by atoms with Crippen molar-refractivity contribution in [2.24, 2.45) is 0 Å². The number of carbonyl (C=O) groups excluding carboxylic acids is 1. The van der Waals surface area contributed by atoms with Crippen LogP contribution in [0.4, 0.5) is 0 Å². The molecular formula is C20H20N2O3S. The van der Waals surface area contributed by atoms with Gasteiger partial charge >= 0.3 is 0 Å². The summed E-state index contributed by atoms with van der Waals surface area (Å²) in [6, 6.07) is 17.2. The Hall–Kier alpha value is -2.86. The molecule has 0 unspecified atom stereocenters. The molecule has 0 atom stereocenters. The van der Waals surface area contributed by atoms with Crippen LogP contribution in [0.25, 0.3) is 0 Å². The summed E-state index contributed by atoms with van der Waals surface area (Å²) in [4.78, 5) is 17.2. The molecule has 1 aromatic carbocycles. The highest BCUT2D eigenvalue weighted by Crippen LogP contribution is 2.11. The van der Waals surface area contributed by atoms with Crippen molar-refractivity contribution in [3.63, 3.8) is 0 Å². The van der Waals surface area contributed by atoms with E-state index in [2.05, 4.69) is 10.3 Å². The topological polar surface area (TPSA) is 60.5 Å². The number of benzene rings is 1. The number of rotatable bonds is 9. The Morgan fingerprint density at radius 2 is 1.85 bits per heavy atom. The van der Waals surface area contributed by atoms with Crippen LogP contribution in [0, 0.1) is 0 Å². The van der Waals surface area contributed by atoms with Crippen molar-refractivity contribution in [2.45, 2.75) is 13.0 Å². The number of aromatic nitrogens is 1. The van der Waals surface area contributed by atoms with Gasteiger partial charge in [-0.3, -0.25) is 4.79 Å². The van der Waals surface area contributed by atoms with Gasteiger partial charge in [0.2, 0.25) is 11.8 Å². The van der Waals surface area contributed by atoms with Crippen molar-refractivity contribution < 1.29 is 14.3 Å². The standard InChI is InChI=1S/C20H20N2O3S/c23-19(13-18-7-4-12-26-18)21-14-16-8-9-20(22-15-16)25-11-10-24-17-5-2-1-3-6-17/h1-9,12,15H,10-11,13-14H2,(H,21,23). The fraction of sp³-hybridized carbons (Fsp3) is 0.200. The predicted octanol–water partition coefficient (Wildman–Crippen LogP) is 3.46. The lowest BCUT2D eigenvalue weighted by Crippen LogP contribution is -2.24. The summed E-state index contributed by atoms with van der Waals surface area (Å²) in [5.74, 6) is 1.36. The minimum atomic E-state index is 0.00540. The summed E-state index contributed by atoms with van der Waals surface area (Å²) in [5, 5.41) is 4.86. The largest absolute Gasteiger partial charge is 0.490 e. The van der Waals surface area contributed by atoms with E-state index in [1.807, 2.05) is 53.9 Å². The summed E-state index contributed by atoms with van der Waals surface area (Å²) in [6.07, 6.45) is 2.12. The van der Waals surface area contributed by atoms with E-state index in [4.69, 9.17) is 9.47 Å². The van der Waals surface area contributed by atoms with Crippen LogP contribution in [0.3, 0.4) is 0 Å². The normalized spacial score (nSPS) is 10.3. The predicted molar refractivity (Wildman–Crippen MR) is 102 cm³/mol. The fourth-order valence-corrected chi connectivity index (χ4v) is 2.96. The van der Waals surface area contributed by atoms with Gasteiger partial charge in [-0.05, 0) is 29.1 Å². The second-order valence-corrected chi connectivity index (χ2v) is 6.58. The van der Waals surface area contributed by atoms with Gasteiger partial charge in [0.1, 0.15) is 19.0 Å². The van der Waals surface area contributed by atoms with Crippen molar-refractivity contribution in [1.82, 2.24) is 10.3 Å². The van der Waals surface area contributed by atoms with Crippen LogP contribution in [-0.4, -0.2) is 24.1 Å². The van der Waals surface area contributed by atoms with Gasteiger partial charge in [-0.2, -0.15) is 0 Å². The molecule has 0 saturated heterocycles. The average molecular weight is 368 g/mol. The minimum absolute atomic E-state index is 0.00540. The quantitative estimate of drug-likeness (QED) is 0.588. The van der Waals surface area contributed by atoms with E-state index in [0.29, 0.717) is 32.1 Å². The number of para-hydroxylation sites is 1. The molecule has 6 heteroatoms. The van der Waals surface area contributed by atoms with Crippen molar-refractivity contribution >= 4 is 17.2 Å². The maximum Gasteiger partial charge on any atom is 0.225 e. The molecule has 1 amide bonds. The molecule has 0 aliphatic carbocycles. The molecule has 0 aliphatic heterocycles. The Balaban J connectivity index is 1.35. The molecular weight excluding hydrogens is 348 g/mol. The Bertz CT molecular complexity index is 790. The Morgan fingerprint density at radius 1 is 1.00 bits per heavy atom. The molecule has 5 nitrogen and oxygen atoms in total. The molecule has 0 radical (unpaired) electrons. The van der Waals surface area contributed by atoms with Crippen LogP contribution >= 0.6 is 11.3 Å². The number of ether oxygens (including phenoxy) is 2. The molecule has 0 fully saturated rings. The van der Waals surface area contributed by atoms with Crippen LogP contribution in [0.1, 0.15) is 10.4 Å². The second kappa shape index (κ2) is 9.58. The number of pyridine rings is 1. The van der Waals surface area contributed by atoms with Crippen LogP contribution in [0.2, 0.25) is 0 Å². The molecule has 3 aromatic rings. The molecule has 1 N–H and O–H groups in total. The Kier molecular flexibility index (Phi) is 6.61. The number of thiophene rings is 1. The smallest absolute Gasteiger partial charge is 0.225 e. The number of amides is 1. The van der Waals surface area contributed by atoms with Crippen molar-refractivity contribution in [3.8, 4) is 11.6 Å². The fourth-order valence-electron chi connectivity index (χ4n) is 2.26. The van der Waals surface area contributed by atoms with Gasteiger partial charge in [0.05, 0.1) is 6.42 Å². The monoisotopic (exact) mass is 368 g/mol. The number of hydrogen-bond donors (Lipinski definition) is 1. The van der Waals surface area contributed by atoms with Gasteiger partial charge in [0.25, 0.3) is 0 Å². The summed E-state index contributed by atoms with van der Waals surface area (Å²) < 4.78 is 11.1. The zero-order valence-corrected chi connectivity index (χ0v) is 15.1. The number of carbonyl (C=O) groups is 1. The van der Waals surface area contributed by atoms with Crippen LogP contribution in [-0.2, 0) is 17.8 Å². The van der Waals surface area contributed by atoms with Crippen LogP contribution < -0.4 is 14.8 Å². The lowest BCUT2D eigenvalue weighted by Gasteiger charge is -2.08. The molecule has 2 heterocycles. The van der Waals surface area contributed by atoms with E-state index in [0.717, 1.165) is 16.2 Å². The molecule has 3 rings (SSSR count). The van der Waals surface area contributed by atoms with E-state index in [-0.39, 0.29) is 5.91 Å². The molecule has 0 spiro atoms. The van der Waals surface area contributed by atoms with Crippen molar-refractivity contribution in [2.75, 3.05) is 13.2 Å². The highest BCUT2D eigenvalue weighted by molar-refractivity contribution is 7.10. The first-order valence-electron chi connectivity index (χ1n) is 8.34. The molecule has 134 valence electrons. The molecule has 26 heavy (non-hydrogen) atoms. The summed E-state index contributed by atoms with van der Waals surface area (Å²) in [5.41, 5.74) is 0.928. The molecule has 2 aromatic heterocycles. The van der Waals surface area contributed by atoms with E-state index < -0.39 is 0 Å². The average Bonchev–Trinajstić information content (AvgIpc) is 3.18. The van der Waals surface area contributed by atoms with Crippen LogP contribution in [0.15, 0.2) is 66.2 Å². The highest BCUT2D eigenvalue weighted by Gasteiger charge is 2.04. The van der Waals surface area contributed by atoms with Crippen molar-refractivity contribution in [1.29, 1.82) is 0 Å². The number of hydrogen-bond acceptors (Lipinski definition) is 5. The lowest BCUT2D eigenvalue weighted by molar-refractivity contribution is -0.120. The summed E-state index contributed by atoms with van der Waals surface area (Å²) in [6.45, 7) is 1.32. The molecule has 0 bridgehead atoms. The van der Waals surface area contributed by atoms with Gasteiger partial charge < -0.3 is 14.8 Å². The third kappa shape index (κ3) is 5.89. The molecule has 0 aliphatic rings. The highest BCUT2D eigenvalue weighted by atomic mass is 32.1.